The molecule has 5 nitrogen and oxygen atoms in total. The van der Waals surface area contributed by atoms with Gasteiger partial charge in [-0.15, -0.1) is 12.4 Å². The topological polar surface area (TPSA) is 75.0 Å². The number of nitrogens with two attached hydrogens (primary N) is 1. The standard InChI is InChI=1S/C20H22N4O.ClH/c1-20(2,21)19(25)24-11-10-17-16(12-24)18(23-22-17)15-9-5-7-13-6-3-4-8-14(13)15;/h3-9H,10-12,21H2,1-2H3,(H,22,23);1H. The molecular weight excluding hydrogens is 348 g/mol. The zero-order valence-corrected chi connectivity index (χ0v) is 15.8. The fraction of sp³-hybridized carbons (Fsp3) is 0.300. The van der Waals surface area contributed by atoms with Crippen LogP contribution in [0.3, 0.4) is 0 Å². The number of hydrogen-bond acceptors (Lipinski definition) is 3. The lowest BCUT2D eigenvalue weighted by molar-refractivity contribution is -0.136. The lowest BCUT2D eigenvalue weighted by Crippen LogP contribution is -2.52. The molecule has 4 rings (SSSR count). The Morgan fingerprint density at radius 2 is 1.92 bits per heavy atom. The van der Waals surface area contributed by atoms with Crippen molar-refractivity contribution in [2.75, 3.05) is 6.54 Å². The zero-order chi connectivity index (χ0) is 17.6. The first kappa shape index (κ1) is 18.4. The van der Waals surface area contributed by atoms with Gasteiger partial charge < -0.3 is 10.6 Å². The van der Waals surface area contributed by atoms with E-state index in [0.717, 1.165) is 28.9 Å². The van der Waals surface area contributed by atoms with E-state index < -0.39 is 5.54 Å². The SMILES string of the molecule is CC(C)(N)C(=O)N1CCc2[nH]nc(-c3cccc4ccccc34)c2C1.Cl. The highest BCUT2D eigenvalue weighted by Gasteiger charge is 2.32. The van der Waals surface area contributed by atoms with Crippen LogP contribution in [0.15, 0.2) is 42.5 Å². The van der Waals surface area contributed by atoms with Crippen LogP contribution in [0.25, 0.3) is 22.0 Å². The van der Waals surface area contributed by atoms with Crippen LogP contribution < -0.4 is 5.73 Å². The Kier molecular flexibility index (Phi) is 4.78. The number of carbonyl (C=O) groups excluding carboxylic acids is 1. The Morgan fingerprint density at radius 3 is 2.69 bits per heavy atom. The average Bonchev–Trinajstić information content (AvgIpc) is 3.02. The summed E-state index contributed by atoms with van der Waals surface area (Å²) in [4.78, 5) is 14.4. The molecule has 1 aromatic heterocycles. The number of aromatic amines is 1. The predicted octanol–water partition coefficient (Wildman–Crippen LogP) is 3.27. The number of amides is 1. The molecule has 2 aromatic carbocycles. The first-order valence-corrected chi connectivity index (χ1v) is 8.57. The Morgan fingerprint density at radius 1 is 1.19 bits per heavy atom. The second-order valence-corrected chi connectivity index (χ2v) is 7.25. The van der Waals surface area contributed by atoms with E-state index in [2.05, 4.69) is 34.5 Å². The van der Waals surface area contributed by atoms with Gasteiger partial charge in [-0.25, -0.2) is 0 Å². The maximum Gasteiger partial charge on any atom is 0.242 e. The van der Waals surface area contributed by atoms with Crippen molar-refractivity contribution in [3.05, 3.63) is 53.7 Å². The summed E-state index contributed by atoms with van der Waals surface area (Å²) < 4.78 is 0. The molecule has 0 saturated carbocycles. The van der Waals surface area contributed by atoms with E-state index in [1.54, 1.807) is 13.8 Å². The summed E-state index contributed by atoms with van der Waals surface area (Å²) in [7, 11) is 0. The Bertz CT molecular complexity index is 953. The van der Waals surface area contributed by atoms with Crippen LogP contribution in [0.2, 0.25) is 0 Å². The molecule has 136 valence electrons. The van der Waals surface area contributed by atoms with Crippen LogP contribution in [-0.4, -0.2) is 33.1 Å². The van der Waals surface area contributed by atoms with Crippen molar-refractivity contribution in [1.82, 2.24) is 15.1 Å². The molecule has 3 aromatic rings. The summed E-state index contributed by atoms with van der Waals surface area (Å²) in [6.07, 6.45) is 0.773. The molecule has 0 atom stereocenters. The van der Waals surface area contributed by atoms with Crippen molar-refractivity contribution in [2.45, 2.75) is 32.4 Å². The van der Waals surface area contributed by atoms with E-state index in [4.69, 9.17) is 5.73 Å². The maximum atomic E-state index is 12.6. The minimum absolute atomic E-state index is 0. The number of nitrogens with zero attached hydrogens (tertiary/aromatic N) is 2. The van der Waals surface area contributed by atoms with E-state index in [9.17, 15) is 4.79 Å². The van der Waals surface area contributed by atoms with Crippen LogP contribution in [0.1, 0.15) is 25.1 Å². The monoisotopic (exact) mass is 370 g/mol. The number of benzene rings is 2. The van der Waals surface area contributed by atoms with E-state index in [1.807, 2.05) is 23.1 Å². The lowest BCUT2D eigenvalue weighted by Gasteiger charge is -2.32. The molecular formula is C20H23ClN4O. The van der Waals surface area contributed by atoms with Crippen LogP contribution in [-0.2, 0) is 17.8 Å². The average molecular weight is 371 g/mol. The number of aromatic nitrogens is 2. The zero-order valence-electron chi connectivity index (χ0n) is 15.0. The predicted molar refractivity (Wildman–Crippen MR) is 106 cm³/mol. The van der Waals surface area contributed by atoms with Crippen molar-refractivity contribution >= 4 is 29.1 Å². The van der Waals surface area contributed by atoms with Crippen molar-refractivity contribution in [3.8, 4) is 11.3 Å². The Labute approximate surface area is 159 Å². The molecule has 2 heterocycles. The molecule has 0 spiro atoms. The molecule has 1 aliphatic heterocycles. The molecule has 0 radical (unpaired) electrons. The number of nitrogens with one attached hydrogen (secondary N) is 1. The van der Waals surface area contributed by atoms with Gasteiger partial charge in [0, 0.05) is 36.3 Å². The highest BCUT2D eigenvalue weighted by Crippen LogP contribution is 2.33. The second kappa shape index (κ2) is 6.74. The van der Waals surface area contributed by atoms with Crippen LogP contribution in [0.4, 0.5) is 0 Å². The van der Waals surface area contributed by atoms with Gasteiger partial charge in [0.05, 0.1) is 11.2 Å². The number of rotatable bonds is 2. The third kappa shape index (κ3) is 3.08. The van der Waals surface area contributed by atoms with Gasteiger partial charge >= 0.3 is 0 Å². The van der Waals surface area contributed by atoms with E-state index in [1.165, 1.54) is 10.8 Å². The third-order valence-electron chi connectivity index (χ3n) is 4.82. The number of H-pyrrole nitrogens is 1. The molecule has 0 bridgehead atoms. The van der Waals surface area contributed by atoms with Gasteiger partial charge in [0.1, 0.15) is 0 Å². The van der Waals surface area contributed by atoms with Crippen molar-refractivity contribution in [1.29, 1.82) is 0 Å². The van der Waals surface area contributed by atoms with Crippen molar-refractivity contribution in [2.24, 2.45) is 5.73 Å². The molecule has 26 heavy (non-hydrogen) atoms. The van der Waals surface area contributed by atoms with Gasteiger partial charge in [-0.05, 0) is 24.6 Å². The number of carbonyl (C=O) groups is 1. The molecule has 6 heteroatoms. The van der Waals surface area contributed by atoms with Gasteiger partial charge in [-0.3, -0.25) is 9.89 Å². The van der Waals surface area contributed by atoms with Crippen molar-refractivity contribution < 1.29 is 4.79 Å². The van der Waals surface area contributed by atoms with Gasteiger partial charge in [-0.2, -0.15) is 5.10 Å². The van der Waals surface area contributed by atoms with E-state index in [-0.39, 0.29) is 18.3 Å². The minimum atomic E-state index is -0.860. The number of halogens is 1. The molecule has 3 N–H and O–H groups in total. The van der Waals surface area contributed by atoms with Gasteiger partial charge in [-0.1, -0.05) is 42.5 Å². The smallest absolute Gasteiger partial charge is 0.242 e. The lowest BCUT2D eigenvalue weighted by atomic mass is 9.95. The Balaban J connectivity index is 0.00000196. The molecule has 1 aliphatic rings. The normalized spacial score (nSPS) is 14.0. The largest absolute Gasteiger partial charge is 0.336 e. The summed E-state index contributed by atoms with van der Waals surface area (Å²) in [6, 6.07) is 14.5. The summed E-state index contributed by atoms with van der Waals surface area (Å²) in [5, 5.41) is 10.1. The second-order valence-electron chi connectivity index (χ2n) is 7.25. The minimum Gasteiger partial charge on any atom is -0.336 e. The highest BCUT2D eigenvalue weighted by atomic mass is 35.5. The number of hydrogen-bond donors (Lipinski definition) is 2. The molecule has 0 aliphatic carbocycles. The third-order valence-corrected chi connectivity index (χ3v) is 4.82. The van der Waals surface area contributed by atoms with E-state index in [0.29, 0.717) is 13.1 Å². The summed E-state index contributed by atoms with van der Waals surface area (Å²) in [6.45, 7) is 4.73. The summed E-state index contributed by atoms with van der Waals surface area (Å²) >= 11 is 0. The molecule has 1 amide bonds. The van der Waals surface area contributed by atoms with Crippen molar-refractivity contribution in [3.63, 3.8) is 0 Å². The maximum absolute atomic E-state index is 12.6. The van der Waals surface area contributed by atoms with E-state index >= 15 is 0 Å². The molecule has 0 saturated heterocycles. The first-order chi connectivity index (χ1) is 11.9. The highest BCUT2D eigenvalue weighted by molar-refractivity contribution is 5.96. The summed E-state index contributed by atoms with van der Waals surface area (Å²) in [5.74, 6) is -0.0248. The number of fused-ring (bicyclic) bond motifs is 2. The van der Waals surface area contributed by atoms with Crippen LogP contribution in [0.5, 0.6) is 0 Å². The summed E-state index contributed by atoms with van der Waals surface area (Å²) in [5.41, 5.74) is 9.39. The van der Waals surface area contributed by atoms with Crippen LogP contribution >= 0.6 is 12.4 Å². The van der Waals surface area contributed by atoms with Gasteiger partial charge in [0.25, 0.3) is 0 Å². The molecule has 0 unspecified atom stereocenters. The Hall–Kier alpha value is -2.37. The fourth-order valence-corrected chi connectivity index (χ4v) is 3.53. The molecule has 0 fully saturated rings. The first-order valence-electron chi connectivity index (χ1n) is 8.57. The fourth-order valence-electron chi connectivity index (χ4n) is 3.53. The van der Waals surface area contributed by atoms with Gasteiger partial charge in [0.2, 0.25) is 5.91 Å². The quantitative estimate of drug-likeness (QED) is 0.727. The van der Waals surface area contributed by atoms with Crippen LogP contribution in [0, 0.1) is 0 Å². The van der Waals surface area contributed by atoms with Gasteiger partial charge in [0.15, 0.2) is 0 Å².